The molecule has 0 atom stereocenters. The van der Waals surface area contributed by atoms with Crippen molar-refractivity contribution in [1.82, 2.24) is 0 Å². The fourth-order valence-corrected chi connectivity index (χ4v) is 6.14. The number of carboxylic acids is 1. The predicted octanol–water partition coefficient (Wildman–Crippen LogP) is 10.3. The maximum Gasteiger partial charge on any atom is 0.647 e. The number of phosphoric ester groups is 1. The van der Waals surface area contributed by atoms with Crippen LogP contribution in [0.25, 0.3) is 0 Å². The average Bonchev–Trinajstić information content (AvgIpc) is 3.17. The van der Waals surface area contributed by atoms with Gasteiger partial charge in [-0.3, -0.25) is 4.79 Å². The summed E-state index contributed by atoms with van der Waals surface area (Å²) in [7, 11) is -3.93. The lowest BCUT2D eigenvalue weighted by molar-refractivity contribution is -0.137. The Kier molecular flexibility index (Phi) is 26.6. The van der Waals surface area contributed by atoms with Crippen LogP contribution in [-0.2, 0) is 9.36 Å². The Morgan fingerprint density at radius 3 is 1.15 bits per heavy atom. The smallest absolute Gasteiger partial charge is 0.481 e. The standard InChI is InChI=1S/C21H21O4P.C18H34O2.C5H12O4/c1-16-4-10-19(11-5-16)23-26(22,24-20-12-6-17(2)7-13-20)25-21-14-8-18(3)9-15-21;1-2-3-4-5-6-7-8-9-10-11-12-13-14-15-16-17-18(19)20;6-1-5(2-7,3-8)4-9/h4-15H,1-3H3;9-10H,2-8,11-17H2,1H3,(H,19,20);6-9H,1-4H2. The summed E-state index contributed by atoms with van der Waals surface area (Å²) in [6, 6.07) is 21.6. The van der Waals surface area contributed by atoms with Crippen LogP contribution in [0.1, 0.15) is 114 Å². The second-order valence-electron chi connectivity index (χ2n) is 14.0. The molecule has 0 aliphatic rings. The van der Waals surface area contributed by atoms with Gasteiger partial charge in [-0.1, -0.05) is 124 Å². The molecule has 0 bridgehead atoms. The van der Waals surface area contributed by atoms with Gasteiger partial charge in [0.2, 0.25) is 0 Å². The van der Waals surface area contributed by atoms with E-state index in [1.165, 1.54) is 70.6 Å². The van der Waals surface area contributed by atoms with Gasteiger partial charge in [0.25, 0.3) is 0 Å². The van der Waals surface area contributed by atoms with Gasteiger partial charge in [0.05, 0.1) is 31.8 Å². The number of phosphoric acid groups is 1. The van der Waals surface area contributed by atoms with Gasteiger partial charge in [0.15, 0.2) is 0 Å². The highest BCUT2D eigenvalue weighted by molar-refractivity contribution is 7.49. The molecular formula is C44H67O10P. The monoisotopic (exact) mass is 786 g/mol. The van der Waals surface area contributed by atoms with Crippen molar-refractivity contribution in [3.63, 3.8) is 0 Å². The minimum Gasteiger partial charge on any atom is -0.481 e. The summed E-state index contributed by atoms with van der Waals surface area (Å²) in [5.74, 6) is 0.581. The maximum absolute atomic E-state index is 13.3. The fraction of sp³-hybridized carbons (Fsp3) is 0.523. The molecule has 0 heterocycles. The van der Waals surface area contributed by atoms with Gasteiger partial charge in [0.1, 0.15) is 17.2 Å². The number of aliphatic hydroxyl groups is 4. The third-order valence-electron chi connectivity index (χ3n) is 8.71. The number of benzene rings is 3. The number of carbonyl (C=O) groups is 1. The highest BCUT2D eigenvalue weighted by Gasteiger charge is 2.33. The molecule has 10 nitrogen and oxygen atoms in total. The van der Waals surface area contributed by atoms with E-state index < -0.39 is 45.6 Å². The van der Waals surface area contributed by atoms with Crippen LogP contribution in [-0.4, -0.2) is 57.9 Å². The van der Waals surface area contributed by atoms with Gasteiger partial charge in [-0.25, -0.2) is 0 Å². The van der Waals surface area contributed by atoms with Gasteiger partial charge in [-0.2, -0.15) is 4.57 Å². The number of rotatable bonds is 25. The van der Waals surface area contributed by atoms with Crippen molar-refractivity contribution in [2.24, 2.45) is 5.41 Å². The Morgan fingerprint density at radius 2 is 0.855 bits per heavy atom. The minimum absolute atomic E-state index is 0.332. The zero-order valence-electron chi connectivity index (χ0n) is 33.5. The first kappa shape index (κ1) is 49.4. The van der Waals surface area contributed by atoms with E-state index in [4.69, 9.17) is 39.1 Å². The topological polar surface area (TPSA) is 163 Å². The Labute approximate surface area is 329 Å². The van der Waals surface area contributed by atoms with Crippen molar-refractivity contribution in [3.05, 3.63) is 102 Å². The van der Waals surface area contributed by atoms with Crippen molar-refractivity contribution in [3.8, 4) is 17.2 Å². The Morgan fingerprint density at radius 1 is 0.545 bits per heavy atom. The molecule has 11 heteroatoms. The van der Waals surface area contributed by atoms with E-state index in [1.54, 1.807) is 36.4 Å². The molecule has 0 spiro atoms. The van der Waals surface area contributed by atoms with Crippen LogP contribution in [0.2, 0.25) is 0 Å². The van der Waals surface area contributed by atoms with E-state index in [0.717, 1.165) is 29.5 Å². The molecule has 3 aromatic rings. The maximum atomic E-state index is 13.3. The number of aryl methyl sites for hydroxylation is 3. The molecule has 0 radical (unpaired) electrons. The first-order valence-electron chi connectivity index (χ1n) is 19.6. The molecule has 3 rings (SSSR count). The summed E-state index contributed by atoms with van der Waals surface area (Å²) in [5, 5.41) is 42.5. The van der Waals surface area contributed by atoms with E-state index in [0.29, 0.717) is 23.7 Å². The van der Waals surface area contributed by atoms with E-state index in [1.807, 2.05) is 57.2 Å². The van der Waals surface area contributed by atoms with E-state index >= 15 is 0 Å². The summed E-state index contributed by atoms with van der Waals surface area (Å²) in [4.78, 5) is 10.3. The fourth-order valence-electron chi connectivity index (χ4n) is 4.89. The molecule has 55 heavy (non-hydrogen) atoms. The average molecular weight is 787 g/mol. The van der Waals surface area contributed by atoms with Gasteiger partial charge in [-0.05, 0) is 89.3 Å². The van der Waals surface area contributed by atoms with E-state index in [-0.39, 0.29) is 0 Å². The molecule has 5 N–H and O–H groups in total. The highest BCUT2D eigenvalue weighted by atomic mass is 31.2. The van der Waals surface area contributed by atoms with Crippen molar-refractivity contribution < 1.29 is 48.5 Å². The second-order valence-corrected chi connectivity index (χ2v) is 15.5. The highest BCUT2D eigenvalue weighted by Crippen LogP contribution is 2.49. The minimum atomic E-state index is -3.93. The first-order valence-corrected chi connectivity index (χ1v) is 21.1. The number of hydrogen-bond acceptors (Lipinski definition) is 9. The van der Waals surface area contributed by atoms with Gasteiger partial charge < -0.3 is 39.1 Å². The van der Waals surface area contributed by atoms with E-state index in [2.05, 4.69) is 19.1 Å². The molecule has 0 aromatic heterocycles. The van der Waals surface area contributed by atoms with Gasteiger partial charge >= 0.3 is 13.8 Å². The van der Waals surface area contributed by atoms with Gasteiger partial charge in [-0.15, -0.1) is 0 Å². The quantitative estimate of drug-likeness (QED) is 0.0317. The number of unbranched alkanes of at least 4 members (excludes halogenated alkanes) is 11. The van der Waals surface area contributed by atoms with Gasteiger partial charge in [0, 0.05) is 6.42 Å². The number of carboxylic acid groups (broad SMARTS) is 1. The zero-order valence-corrected chi connectivity index (χ0v) is 34.4. The largest absolute Gasteiger partial charge is 0.647 e. The number of aliphatic hydroxyl groups excluding tert-OH is 4. The Balaban J connectivity index is 0.000000463. The number of aliphatic carboxylic acids is 1. The lowest BCUT2D eigenvalue weighted by Gasteiger charge is -2.23. The summed E-state index contributed by atoms with van der Waals surface area (Å²) in [6.45, 7) is 6.54. The molecule has 0 unspecified atom stereocenters. The Hall–Kier alpha value is -3.66. The molecular weight excluding hydrogens is 719 g/mol. The number of allylic oxidation sites excluding steroid dienone is 2. The van der Waals surface area contributed by atoms with Crippen molar-refractivity contribution in [1.29, 1.82) is 0 Å². The molecule has 0 saturated carbocycles. The van der Waals surface area contributed by atoms with Crippen molar-refractivity contribution in [2.75, 3.05) is 26.4 Å². The predicted molar refractivity (Wildman–Crippen MR) is 221 cm³/mol. The number of hydrogen-bond donors (Lipinski definition) is 5. The van der Waals surface area contributed by atoms with Crippen LogP contribution >= 0.6 is 7.82 Å². The van der Waals surface area contributed by atoms with Crippen LogP contribution in [0, 0.1) is 26.2 Å². The van der Waals surface area contributed by atoms with Crippen LogP contribution < -0.4 is 13.6 Å². The molecule has 0 fully saturated rings. The first-order chi connectivity index (χ1) is 26.4. The zero-order chi connectivity index (χ0) is 40.8. The molecule has 0 saturated heterocycles. The van der Waals surface area contributed by atoms with Crippen LogP contribution in [0.4, 0.5) is 0 Å². The summed E-state index contributed by atoms with van der Waals surface area (Å²) >= 11 is 0. The van der Waals surface area contributed by atoms with Crippen LogP contribution in [0.15, 0.2) is 84.9 Å². The normalized spacial score (nSPS) is 11.3. The molecule has 0 amide bonds. The Bertz CT molecular complexity index is 1330. The van der Waals surface area contributed by atoms with Crippen LogP contribution in [0.3, 0.4) is 0 Å². The molecule has 308 valence electrons. The van der Waals surface area contributed by atoms with E-state index in [9.17, 15) is 9.36 Å². The molecule has 3 aromatic carbocycles. The summed E-state index contributed by atoms with van der Waals surface area (Å²) in [6.07, 6.45) is 21.2. The second kappa shape index (κ2) is 29.6. The molecule has 0 aliphatic carbocycles. The third-order valence-corrected chi connectivity index (χ3v) is 10.0. The van der Waals surface area contributed by atoms with Crippen LogP contribution in [0.5, 0.6) is 17.2 Å². The lowest BCUT2D eigenvalue weighted by Crippen LogP contribution is -2.37. The SMILES string of the molecule is CCCCCCCCC=CCCCCCCCC(=O)O.Cc1ccc(OP(=O)(Oc2ccc(C)cc2)Oc2ccc(C)cc2)cc1.OCC(CO)(CO)CO. The summed E-state index contributed by atoms with van der Waals surface area (Å²) in [5.41, 5.74) is 2.11. The summed E-state index contributed by atoms with van der Waals surface area (Å²) < 4.78 is 30.2. The lowest BCUT2D eigenvalue weighted by atomic mass is 9.93. The molecule has 0 aliphatic heterocycles. The third kappa shape index (κ3) is 23.8. The van der Waals surface area contributed by atoms with Crippen molar-refractivity contribution in [2.45, 2.75) is 118 Å². The van der Waals surface area contributed by atoms with Crippen molar-refractivity contribution >= 4 is 13.8 Å².